The van der Waals surface area contributed by atoms with Crippen LogP contribution in [0.2, 0.25) is 5.02 Å². The summed E-state index contributed by atoms with van der Waals surface area (Å²) in [6.07, 6.45) is 6.14. The fourth-order valence-corrected chi connectivity index (χ4v) is 2.25. The van der Waals surface area contributed by atoms with Crippen molar-refractivity contribution >= 4 is 23.3 Å². The molecule has 23 heavy (non-hydrogen) atoms. The van der Waals surface area contributed by atoms with Gasteiger partial charge in [0.2, 0.25) is 0 Å². The van der Waals surface area contributed by atoms with E-state index in [9.17, 15) is 4.79 Å². The van der Waals surface area contributed by atoms with Crippen LogP contribution in [-0.4, -0.2) is 36.3 Å². The molecule has 0 unspecified atom stereocenters. The summed E-state index contributed by atoms with van der Waals surface area (Å²) < 4.78 is 12.3. The van der Waals surface area contributed by atoms with Gasteiger partial charge < -0.3 is 24.7 Å². The zero-order valence-corrected chi connectivity index (χ0v) is 13.8. The van der Waals surface area contributed by atoms with E-state index in [1.807, 2.05) is 10.8 Å². The highest BCUT2D eigenvalue weighted by atomic mass is 35.5. The molecule has 8 heteroatoms. The number of benzene rings is 1. The number of rotatable bonds is 7. The third-order valence-corrected chi connectivity index (χ3v) is 3.46. The summed E-state index contributed by atoms with van der Waals surface area (Å²) in [7, 11) is 3.03. The second kappa shape index (κ2) is 8.28. The Morgan fingerprint density at radius 1 is 1.30 bits per heavy atom. The molecule has 1 heterocycles. The third kappa shape index (κ3) is 4.79. The number of halogens is 1. The number of urea groups is 1. The zero-order valence-electron chi connectivity index (χ0n) is 13.0. The molecule has 124 valence electrons. The largest absolute Gasteiger partial charge is 0.495 e. The quantitative estimate of drug-likeness (QED) is 0.761. The van der Waals surface area contributed by atoms with E-state index in [1.165, 1.54) is 14.2 Å². The van der Waals surface area contributed by atoms with Crippen molar-refractivity contribution < 1.29 is 14.3 Å². The van der Waals surface area contributed by atoms with Crippen LogP contribution in [0.1, 0.15) is 6.42 Å². The molecule has 1 aromatic heterocycles. The van der Waals surface area contributed by atoms with Gasteiger partial charge in [-0.1, -0.05) is 11.6 Å². The van der Waals surface area contributed by atoms with Crippen molar-refractivity contribution in [3.63, 3.8) is 0 Å². The predicted octanol–water partition coefficient (Wildman–Crippen LogP) is 2.77. The number of methoxy groups -OCH3 is 2. The lowest BCUT2D eigenvalue weighted by molar-refractivity contribution is 0.251. The number of aryl methyl sites for hydroxylation is 1. The molecular formula is C15H19ClN4O3. The molecule has 0 saturated heterocycles. The Labute approximate surface area is 139 Å². The summed E-state index contributed by atoms with van der Waals surface area (Å²) in [4.78, 5) is 15.9. The number of amides is 2. The highest BCUT2D eigenvalue weighted by Gasteiger charge is 2.12. The summed E-state index contributed by atoms with van der Waals surface area (Å²) in [5.74, 6) is 0.953. The normalized spacial score (nSPS) is 10.2. The number of ether oxygens (including phenoxy) is 2. The molecular weight excluding hydrogens is 320 g/mol. The fourth-order valence-electron chi connectivity index (χ4n) is 2.01. The fraction of sp³-hybridized carbons (Fsp3) is 0.333. The highest BCUT2D eigenvalue weighted by Crippen LogP contribution is 2.35. The van der Waals surface area contributed by atoms with E-state index in [4.69, 9.17) is 21.1 Å². The average Bonchev–Trinajstić information content (AvgIpc) is 3.05. The minimum Gasteiger partial charge on any atom is -0.495 e. The Bertz CT molecular complexity index is 646. The van der Waals surface area contributed by atoms with Gasteiger partial charge in [0.05, 0.1) is 31.3 Å². The number of nitrogens with zero attached hydrogens (tertiary/aromatic N) is 2. The van der Waals surface area contributed by atoms with E-state index in [0.29, 0.717) is 28.8 Å². The van der Waals surface area contributed by atoms with Crippen molar-refractivity contribution in [2.75, 3.05) is 26.1 Å². The monoisotopic (exact) mass is 338 g/mol. The Morgan fingerprint density at radius 3 is 2.74 bits per heavy atom. The summed E-state index contributed by atoms with van der Waals surface area (Å²) in [6.45, 7) is 1.33. The minimum absolute atomic E-state index is 0.324. The van der Waals surface area contributed by atoms with Crippen LogP contribution in [0.4, 0.5) is 10.5 Å². The van der Waals surface area contributed by atoms with Crippen molar-refractivity contribution in [3.05, 3.63) is 35.9 Å². The predicted molar refractivity (Wildman–Crippen MR) is 88.4 cm³/mol. The van der Waals surface area contributed by atoms with E-state index >= 15 is 0 Å². The molecule has 0 spiro atoms. The molecule has 2 amide bonds. The Balaban J connectivity index is 1.85. The highest BCUT2D eigenvalue weighted by molar-refractivity contribution is 6.32. The molecule has 0 aliphatic rings. The number of nitrogens with one attached hydrogen (secondary N) is 2. The first-order valence-electron chi connectivity index (χ1n) is 7.06. The van der Waals surface area contributed by atoms with Crippen LogP contribution in [-0.2, 0) is 6.54 Å². The molecule has 7 nitrogen and oxygen atoms in total. The number of imidazole rings is 1. The van der Waals surface area contributed by atoms with Gasteiger partial charge in [-0.2, -0.15) is 0 Å². The Hall–Kier alpha value is -2.41. The van der Waals surface area contributed by atoms with Gasteiger partial charge in [-0.25, -0.2) is 9.78 Å². The molecule has 2 N–H and O–H groups in total. The maximum absolute atomic E-state index is 11.9. The van der Waals surface area contributed by atoms with E-state index < -0.39 is 0 Å². The molecule has 0 aliphatic heterocycles. The molecule has 0 bridgehead atoms. The second-order valence-corrected chi connectivity index (χ2v) is 5.13. The summed E-state index contributed by atoms with van der Waals surface area (Å²) in [6, 6.07) is 2.89. The molecule has 2 rings (SSSR count). The smallest absolute Gasteiger partial charge is 0.319 e. The molecule has 0 aliphatic carbocycles. The topological polar surface area (TPSA) is 77.4 Å². The van der Waals surface area contributed by atoms with Crippen LogP contribution in [0, 0.1) is 0 Å². The van der Waals surface area contributed by atoms with Crippen LogP contribution in [0.3, 0.4) is 0 Å². The molecule has 2 aromatic rings. The van der Waals surface area contributed by atoms with Gasteiger partial charge in [-0.05, 0) is 12.5 Å². The van der Waals surface area contributed by atoms with Gasteiger partial charge in [0.1, 0.15) is 11.5 Å². The molecule has 1 aromatic carbocycles. The molecule has 0 fully saturated rings. The van der Waals surface area contributed by atoms with E-state index in [0.717, 1.165) is 13.0 Å². The second-order valence-electron chi connectivity index (χ2n) is 4.72. The maximum atomic E-state index is 11.9. The van der Waals surface area contributed by atoms with Crippen LogP contribution in [0.5, 0.6) is 11.5 Å². The number of carbonyl (C=O) groups excluding carboxylic acids is 1. The zero-order chi connectivity index (χ0) is 16.7. The first-order chi connectivity index (χ1) is 11.1. The lowest BCUT2D eigenvalue weighted by atomic mass is 10.2. The SMILES string of the molecule is COc1cc(OC)c(NC(=O)NCCCn2ccnc2)cc1Cl. The van der Waals surface area contributed by atoms with Gasteiger partial charge in [0.25, 0.3) is 0 Å². The van der Waals surface area contributed by atoms with E-state index in [1.54, 1.807) is 24.7 Å². The van der Waals surface area contributed by atoms with E-state index in [-0.39, 0.29) is 6.03 Å². The van der Waals surface area contributed by atoms with Gasteiger partial charge in [-0.15, -0.1) is 0 Å². The molecule has 0 saturated carbocycles. The van der Waals surface area contributed by atoms with Crippen molar-refractivity contribution in [3.8, 4) is 11.5 Å². The van der Waals surface area contributed by atoms with Crippen LogP contribution >= 0.6 is 11.6 Å². The maximum Gasteiger partial charge on any atom is 0.319 e. The number of aromatic nitrogens is 2. The average molecular weight is 339 g/mol. The van der Waals surface area contributed by atoms with Gasteiger partial charge >= 0.3 is 6.03 Å². The Morgan fingerprint density at radius 2 is 2.09 bits per heavy atom. The van der Waals surface area contributed by atoms with Crippen LogP contribution in [0.25, 0.3) is 0 Å². The van der Waals surface area contributed by atoms with Crippen LogP contribution < -0.4 is 20.1 Å². The summed E-state index contributed by atoms with van der Waals surface area (Å²) in [5.41, 5.74) is 0.477. The Kier molecular flexibility index (Phi) is 6.10. The van der Waals surface area contributed by atoms with Gasteiger partial charge in [0.15, 0.2) is 0 Å². The van der Waals surface area contributed by atoms with E-state index in [2.05, 4.69) is 15.6 Å². The summed E-state index contributed by atoms with van der Waals surface area (Å²) in [5, 5.41) is 5.88. The molecule has 0 atom stereocenters. The number of carbonyl (C=O) groups is 1. The van der Waals surface area contributed by atoms with Crippen molar-refractivity contribution in [1.29, 1.82) is 0 Å². The van der Waals surface area contributed by atoms with Gasteiger partial charge in [0, 0.05) is 31.5 Å². The summed E-state index contributed by atoms with van der Waals surface area (Å²) >= 11 is 6.06. The number of anilines is 1. The van der Waals surface area contributed by atoms with Crippen molar-refractivity contribution in [2.45, 2.75) is 13.0 Å². The lowest BCUT2D eigenvalue weighted by Gasteiger charge is -2.13. The van der Waals surface area contributed by atoms with Gasteiger partial charge in [-0.3, -0.25) is 0 Å². The molecule has 0 radical (unpaired) electrons. The first kappa shape index (κ1) is 17.0. The number of hydrogen-bond donors (Lipinski definition) is 2. The first-order valence-corrected chi connectivity index (χ1v) is 7.44. The van der Waals surface area contributed by atoms with Crippen molar-refractivity contribution in [2.24, 2.45) is 0 Å². The number of hydrogen-bond acceptors (Lipinski definition) is 4. The lowest BCUT2D eigenvalue weighted by Crippen LogP contribution is -2.30. The van der Waals surface area contributed by atoms with Crippen LogP contribution in [0.15, 0.2) is 30.9 Å². The third-order valence-electron chi connectivity index (χ3n) is 3.16. The van der Waals surface area contributed by atoms with Crippen molar-refractivity contribution in [1.82, 2.24) is 14.9 Å². The minimum atomic E-state index is -0.324. The standard InChI is InChI=1S/C15H19ClN4O3/c1-22-13-9-14(23-2)12(8-11(13)16)19-15(21)18-4-3-6-20-7-5-17-10-20/h5,7-10H,3-4,6H2,1-2H3,(H2,18,19,21).